The quantitative estimate of drug-likeness (QED) is 0.347. The molecule has 0 aliphatic heterocycles. The molecule has 1 amide bonds. The molecule has 1 aromatic heterocycles. The monoisotopic (exact) mass is 371 g/mol. The van der Waals surface area contributed by atoms with Crippen molar-refractivity contribution in [1.29, 1.82) is 0 Å². The largest absolute Gasteiger partial charge is 0.511 e. The summed E-state index contributed by atoms with van der Waals surface area (Å²) in [6.07, 6.45) is -0.999. The van der Waals surface area contributed by atoms with Gasteiger partial charge in [-0.15, -0.1) is 0 Å². The van der Waals surface area contributed by atoms with E-state index < -0.39 is 17.7 Å². The third kappa shape index (κ3) is 4.27. The van der Waals surface area contributed by atoms with E-state index in [2.05, 4.69) is 15.2 Å². The minimum atomic E-state index is -1.54. The molecule has 3 aromatic rings. The number of carboxylic acid groups (broad SMARTS) is 1. The van der Waals surface area contributed by atoms with Crippen LogP contribution < -0.4 is 20.3 Å². The molecule has 0 aliphatic carbocycles. The second-order valence-corrected chi connectivity index (χ2v) is 5.55. The van der Waals surface area contributed by atoms with Crippen molar-refractivity contribution < 1.29 is 24.2 Å². The molecule has 0 aliphatic rings. The van der Waals surface area contributed by atoms with Gasteiger partial charge in [0.25, 0.3) is 5.56 Å². The number of H-pyrrole nitrogens is 1. The number of rotatable bonds is 6. The Labute approximate surface area is 153 Å². The summed E-state index contributed by atoms with van der Waals surface area (Å²) in [5.41, 5.74) is -0.402. The lowest BCUT2D eigenvalue weighted by atomic mass is 10.2. The number of para-hydroxylation sites is 1. The lowest BCUT2D eigenvalue weighted by Crippen LogP contribution is -2.36. The van der Waals surface area contributed by atoms with Crippen LogP contribution in [0.2, 0.25) is 0 Å². The fourth-order valence-electron chi connectivity index (χ4n) is 2.50. The van der Waals surface area contributed by atoms with Crippen LogP contribution in [0.5, 0.6) is 11.5 Å². The van der Waals surface area contributed by atoms with Crippen molar-refractivity contribution in [2.75, 3.05) is 13.2 Å². The van der Waals surface area contributed by atoms with Gasteiger partial charge in [0.05, 0.1) is 12.1 Å². The molecule has 0 unspecified atom stereocenters. The molecule has 0 saturated carbocycles. The Morgan fingerprint density at radius 3 is 2.63 bits per heavy atom. The SMILES string of the molecule is O=C(O)Oc1cccc2[nH]n(C(=O)NCCCOc3ccccc3)c(=O)c12. The van der Waals surface area contributed by atoms with Crippen LogP contribution in [0.1, 0.15) is 6.42 Å². The summed E-state index contributed by atoms with van der Waals surface area (Å²) in [5, 5.41) is 14.0. The van der Waals surface area contributed by atoms with Gasteiger partial charge in [-0.2, -0.15) is 4.68 Å². The minimum Gasteiger partial charge on any atom is -0.494 e. The Morgan fingerprint density at radius 1 is 1.11 bits per heavy atom. The van der Waals surface area contributed by atoms with Crippen LogP contribution in [0.25, 0.3) is 10.9 Å². The molecular weight excluding hydrogens is 354 g/mol. The average Bonchev–Trinajstić information content (AvgIpc) is 2.99. The molecule has 9 nitrogen and oxygen atoms in total. The van der Waals surface area contributed by atoms with Crippen molar-refractivity contribution in [1.82, 2.24) is 15.1 Å². The van der Waals surface area contributed by atoms with Crippen LogP contribution in [0.15, 0.2) is 53.3 Å². The second kappa shape index (κ2) is 8.09. The predicted octanol–water partition coefficient (Wildman–Crippen LogP) is 2.41. The maximum absolute atomic E-state index is 12.4. The number of hydrogen-bond acceptors (Lipinski definition) is 5. The number of aromatic nitrogens is 2. The van der Waals surface area contributed by atoms with Crippen LogP contribution in [0.4, 0.5) is 9.59 Å². The first kappa shape index (κ1) is 18.1. The summed E-state index contributed by atoms with van der Waals surface area (Å²) in [4.78, 5) is 35.4. The fraction of sp³-hybridized carbons (Fsp3) is 0.167. The standard InChI is InChI=1S/C18H17N3O6/c22-16-15-13(8-4-9-14(15)27-18(24)25)20-21(16)17(23)19-10-5-11-26-12-6-2-1-3-7-12/h1-4,6-9,20H,5,10-11H2,(H,19,23)(H,24,25). The molecule has 0 atom stereocenters. The highest BCUT2D eigenvalue weighted by molar-refractivity contribution is 5.89. The highest BCUT2D eigenvalue weighted by Crippen LogP contribution is 2.21. The summed E-state index contributed by atoms with van der Waals surface area (Å²) < 4.78 is 10.9. The summed E-state index contributed by atoms with van der Waals surface area (Å²) in [5.74, 6) is 0.602. The Hall–Kier alpha value is -3.75. The van der Waals surface area contributed by atoms with E-state index in [4.69, 9.17) is 9.84 Å². The molecule has 27 heavy (non-hydrogen) atoms. The molecule has 3 N–H and O–H groups in total. The number of nitrogens with one attached hydrogen (secondary N) is 2. The van der Waals surface area contributed by atoms with Crippen LogP contribution in [0, 0.1) is 0 Å². The number of carbonyl (C=O) groups is 2. The fourth-order valence-corrected chi connectivity index (χ4v) is 2.50. The zero-order valence-corrected chi connectivity index (χ0v) is 14.2. The predicted molar refractivity (Wildman–Crippen MR) is 96.6 cm³/mol. The molecule has 0 spiro atoms. The maximum Gasteiger partial charge on any atom is 0.511 e. The Balaban J connectivity index is 1.61. The van der Waals surface area contributed by atoms with E-state index in [1.807, 2.05) is 30.3 Å². The van der Waals surface area contributed by atoms with E-state index in [9.17, 15) is 14.4 Å². The molecular formula is C18H17N3O6. The number of fused-ring (bicyclic) bond motifs is 1. The van der Waals surface area contributed by atoms with Gasteiger partial charge >= 0.3 is 12.2 Å². The van der Waals surface area contributed by atoms with Crippen molar-refractivity contribution in [2.45, 2.75) is 6.42 Å². The van der Waals surface area contributed by atoms with Crippen molar-refractivity contribution in [3.63, 3.8) is 0 Å². The second-order valence-electron chi connectivity index (χ2n) is 5.55. The molecule has 0 fully saturated rings. The molecule has 9 heteroatoms. The van der Waals surface area contributed by atoms with Crippen LogP contribution >= 0.6 is 0 Å². The van der Waals surface area contributed by atoms with Crippen molar-refractivity contribution in [3.05, 3.63) is 58.9 Å². The lowest BCUT2D eigenvalue weighted by molar-refractivity contribution is 0.145. The molecule has 0 saturated heterocycles. The van der Waals surface area contributed by atoms with Gasteiger partial charge in [0, 0.05) is 6.54 Å². The zero-order chi connectivity index (χ0) is 19.2. The summed E-state index contributed by atoms with van der Waals surface area (Å²) >= 11 is 0. The Morgan fingerprint density at radius 2 is 1.89 bits per heavy atom. The average molecular weight is 371 g/mol. The first-order valence-corrected chi connectivity index (χ1v) is 8.17. The highest BCUT2D eigenvalue weighted by Gasteiger charge is 2.17. The third-order valence-corrected chi connectivity index (χ3v) is 3.69. The van der Waals surface area contributed by atoms with E-state index in [0.717, 1.165) is 10.4 Å². The summed E-state index contributed by atoms with van der Waals surface area (Å²) in [7, 11) is 0. The van der Waals surface area contributed by atoms with Gasteiger partial charge < -0.3 is 19.9 Å². The third-order valence-electron chi connectivity index (χ3n) is 3.69. The van der Waals surface area contributed by atoms with E-state index in [-0.39, 0.29) is 11.1 Å². The molecule has 0 radical (unpaired) electrons. The smallest absolute Gasteiger partial charge is 0.494 e. The molecule has 3 rings (SSSR count). The van der Waals surface area contributed by atoms with E-state index in [1.165, 1.54) is 12.1 Å². The Kier molecular flexibility index (Phi) is 5.41. The maximum atomic E-state index is 12.4. The van der Waals surface area contributed by atoms with Crippen molar-refractivity contribution in [3.8, 4) is 11.5 Å². The molecule has 2 aromatic carbocycles. The van der Waals surface area contributed by atoms with Gasteiger partial charge in [-0.1, -0.05) is 24.3 Å². The van der Waals surface area contributed by atoms with Gasteiger partial charge in [0.2, 0.25) is 0 Å². The number of ether oxygens (including phenoxy) is 2. The number of amides is 1. The van der Waals surface area contributed by atoms with Gasteiger partial charge in [0.1, 0.15) is 16.9 Å². The van der Waals surface area contributed by atoms with E-state index in [1.54, 1.807) is 6.07 Å². The minimum absolute atomic E-state index is 0.0116. The topological polar surface area (TPSA) is 123 Å². The van der Waals surface area contributed by atoms with Gasteiger partial charge in [-0.05, 0) is 30.7 Å². The number of carbonyl (C=O) groups excluding carboxylic acids is 1. The van der Waals surface area contributed by atoms with E-state index in [0.29, 0.717) is 25.1 Å². The van der Waals surface area contributed by atoms with Crippen molar-refractivity contribution >= 4 is 23.1 Å². The molecule has 0 bridgehead atoms. The van der Waals surface area contributed by atoms with Gasteiger partial charge in [0.15, 0.2) is 0 Å². The molecule has 140 valence electrons. The van der Waals surface area contributed by atoms with E-state index >= 15 is 0 Å². The summed E-state index contributed by atoms with van der Waals surface area (Å²) in [6, 6.07) is 13.0. The number of nitrogens with zero attached hydrogens (tertiary/aromatic N) is 1. The van der Waals surface area contributed by atoms with Crippen LogP contribution in [-0.2, 0) is 0 Å². The highest BCUT2D eigenvalue weighted by atomic mass is 16.7. The lowest BCUT2D eigenvalue weighted by Gasteiger charge is -2.07. The number of aromatic amines is 1. The number of hydrogen-bond donors (Lipinski definition) is 3. The normalized spacial score (nSPS) is 10.5. The van der Waals surface area contributed by atoms with Crippen molar-refractivity contribution in [2.24, 2.45) is 0 Å². The first-order valence-electron chi connectivity index (χ1n) is 8.17. The molecule has 1 heterocycles. The van der Waals surface area contributed by atoms with Crippen LogP contribution in [0.3, 0.4) is 0 Å². The Bertz CT molecular complexity index is 1010. The zero-order valence-electron chi connectivity index (χ0n) is 14.2. The first-order chi connectivity index (χ1) is 13.1. The van der Waals surface area contributed by atoms with Crippen LogP contribution in [-0.4, -0.2) is 40.2 Å². The van der Waals surface area contributed by atoms with Gasteiger partial charge in [-0.25, -0.2) is 9.59 Å². The summed E-state index contributed by atoms with van der Waals surface area (Å²) in [6.45, 7) is 0.703. The number of benzene rings is 2. The van der Waals surface area contributed by atoms with Gasteiger partial charge in [-0.3, -0.25) is 9.89 Å².